The number of benzene rings is 1. The topological polar surface area (TPSA) is 155 Å². The van der Waals surface area contributed by atoms with Crippen LogP contribution < -0.4 is 10.9 Å². The number of amides is 1. The van der Waals surface area contributed by atoms with Gasteiger partial charge in [0.15, 0.2) is 5.69 Å². The number of anilines is 1. The molecule has 0 spiro atoms. The van der Waals surface area contributed by atoms with Crippen molar-refractivity contribution in [2.24, 2.45) is 7.05 Å². The van der Waals surface area contributed by atoms with Crippen LogP contribution in [-0.4, -0.2) is 61.0 Å². The Hall–Kier alpha value is -4.76. The summed E-state index contributed by atoms with van der Waals surface area (Å²) < 4.78 is 7.76. The highest BCUT2D eigenvalue weighted by Crippen LogP contribution is 2.39. The van der Waals surface area contributed by atoms with Crippen LogP contribution in [0, 0.1) is 11.3 Å². The van der Waals surface area contributed by atoms with Gasteiger partial charge in [0.2, 0.25) is 5.75 Å². The summed E-state index contributed by atoms with van der Waals surface area (Å²) >= 11 is 0. The second-order valence-electron chi connectivity index (χ2n) is 9.20. The Kier molecular flexibility index (Phi) is 7.68. The molecule has 0 unspecified atom stereocenters. The van der Waals surface area contributed by atoms with E-state index in [4.69, 9.17) is 4.52 Å². The number of nitrogens with zero attached hydrogens (tertiary/aromatic N) is 7. The lowest BCUT2D eigenvalue weighted by atomic mass is 9.80. The van der Waals surface area contributed by atoms with E-state index in [1.165, 1.54) is 24.1 Å². The van der Waals surface area contributed by atoms with Crippen molar-refractivity contribution in [1.82, 2.24) is 29.4 Å². The van der Waals surface area contributed by atoms with Gasteiger partial charge in [0.25, 0.3) is 11.5 Å². The van der Waals surface area contributed by atoms with E-state index in [0.717, 1.165) is 17.7 Å². The largest absolute Gasteiger partial charge is 0.501 e. The Labute approximate surface area is 218 Å². The molecule has 2 N–H and O–H groups in total. The van der Waals surface area contributed by atoms with E-state index >= 15 is 0 Å². The van der Waals surface area contributed by atoms with Gasteiger partial charge in [0.1, 0.15) is 17.8 Å². The molecule has 1 aromatic carbocycles. The van der Waals surface area contributed by atoms with Crippen molar-refractivity contribution in [1.29, 1.82) is 5.26 Å². The van der Waals surface area contributed by atoms with Crippen LogP contribution in [0.1, 0.15) is 51.8 Å². The third-order valence-electron chi connectivity index (χ3n) is 6.32. The monoisotopic (exact) mass is 516 g/mol. The van der Waals surface area contributed by atoms with Crippen molar-refractivity contribution in [2.75, 3.05) is 26.0 Å². The third kappa shape index (κ3) is 5.33. The van der Waals surface area contributed by atoms with Gasteiger partial charge in [0, 0.05) is 31.6 Å². The Morgan fingerprint density at radius 3 is 2.74 bits per heavy atom. The summed E-state index contributed by atoms with van der Waals surface area (Å²) in [7, 11) is 5.44. The van der Waals surface area contributed by atoms with Gasteiger partial charge in [-0.2, -0.15) is 10.4 Å². The first-order chi connectivity index (χ1) is 18.2. The molecule has 0 radical (unpaired) electrons. The fourth-order valence-corrected chi connectivity index (χ4v) is 4.35. The highest BCUT2D eigenvalue weighted by atomic mass is 16.5. The molecule has 4 aromatic rings. The van der Waals surface area contributed by atoms with Gasteiger partial charge in [-0.15, -0.1) is 0 Å². The van der Waals surface area contributed by atoms with Gasteiger partial charge >= 0.3 is 0 Å². The molecule has 3 heterocycles. The van der Waals surface area contributed by atoms with Crippen LogP contribution in [0.2, 0.25) is 0 Å². The predicted molar refractivity (Wildman–Crippen MR) is 138 cm³/mol. The number of hydrogen-bond acceptors (Lipinski definition) is 9. The SMILES string of the molecule is C[C@H](c1nc(C(=O)Nc2cnoc2)c(O)c(=O)n1C)[C@H](c1cnn(CCN(C)C)c1)c1ccccc1C#N. The maximum atomic E-state index is 13.0. The van der Waals surface area contributed by atoms with E-state index < -0.39 is 34.7 Å². The molecule has 196 valence electrons. The molecule has 0 aliphatic carbocycles. The first-order valence-corrected chi connectivity index (χ1v) is 11.9. The van der Waals surface area contributed by atoms with Crippen LogP contribution >= 0.6 is 0 Å². The number of nitrogens with one attached hydrogen (secondary N) is 1. The number of nitriles is 1. The first kappa shape index (κ1) is 26.3. The Balaban J connectivity index is 1.81. The quantitative estimate of drug-likeness (QED) is 0.341. The molecule has 0 aliphatic heterocycles. The zero-order chi connectivity index (χ0) is 27.4. The van der Waals surface area contributed by atoms with Gasteiger partial charge < -0.3 is 19.8 Å². The zero-order valence-corrected chi connectivity index (χ0v) is 21.5. The third-order valence-corrected chi connectivity index (χ3v) is 6.32. The van der Waals surface area contributed by atoms with E-state index in [1.54, 1.807) is 18.3 Å². The fourth-order valence-electron chi connectivity index (χ4n) is 4.35. The number of aromatic hydroxyl groups is 1. The minimum Gasteiger partial charge on any atom is -0.501 e. The molecule has 38 heavy (non-hydrogen) atoms. The van der Waals surface area contributed by atoms with Gasteiger partial charge in [-0.25, -0.2) is 4.98 Å². The van der Waals surface area contributed by atoms with E-state index in [1.807, 2.05) is 44.0 Å². The Morgan fingerprint density at radius 1 is 1.29 bits per heavy atom. The summed E-state index contributed by atoms with van der Waals surface area (Å²) in [5.74, 6) is -2.25. The van der Waals surface area contributed by atoms with E-state index in [-0.39, 0.29) is 11.5 Å². The first-order valence-electron chi connectivity index (χ1n) is 11.9. The zero-order valence-electron chi connectivity index (χ0n) is 21.5. The van der Waals surface area contributed by atoms with Crippen LogP contribution in [0.5, 0.6) is 5.75 Å². The van der Waals surface area contributed by atoms with Crippen LogP contribution in [0.25, 0.3) is 0 Å². The molecule has 0 saturated heterocycles. The van der Waals surface area contributed by atoms with Crippen molar-refractivity contribution in [3.63, 3.8) is 0 Å². The summed E-state index contributed by atoms with van der Waals surface area (Å²) in [5, 5.41) is 30.9. The highest BCUT2D eigenvalue weighted by Gasteiger charge is 2.31. The standard InChI is InChI=1S/C26H28N8O4/c1-16(24-31-22(23(35)26(37)33(24)4)25(36)30-19-13-29-38-15-19)21(20-8-6-5-7-17(20)11-27)18-12-28-34(14-18)10-9-32(2)3/h5-8,12-16,21,35H,9-10H2,1-4H3,(H,30,36)/t16-,21+/m0/s1. The second kappa shape index (κ2) is 11.1. The molecule has 1 amide bonds. The molecule has 0 saturated carbocycles. The van der Waals surface area contributed by atoms with Crippen LogP contribution in [-0.2, 0) is 13.6 Å². The summed E-state index contributed by atoms with van der Waals surface area (Å²) in [5.41, 5.74) is 1.07. The lowest BCUT2D eigenvalue weighted by Gasteiger charge is -2.26. The molecule has 0 bridgehead atoms. The lowest BCUT2D eigenvalue weighted by Crippen LogP contribution is -2.29. The lowest BCUT2D eigenvalue weighted by molar-refractivity contribution is 0.101. The molecular weight excluding hydrogens is 488 g/mol. The number of carbonyl (C=O) groups is 1. The average molecular weight is 517 g/mol. The molecule has 3 aromatic heterocycles. The van der Waals surface area contributed by atoms with Gasteiger partial charge in [-0.1, -0.05) is 30.3 Å². The Bertz CT molecular complexity index is 1530. The van der Waals surface area contributed by atoms with Crippen LogP contribution in [0.4, 0.5) is 5.69 Å². The van der Waals surface area contributed by atoms with Gasteiger partial charge in [-0.05, 0) is 31.3 Å². The number of aromatic nitrogens is 5. The maximum Gasteiger partial charge on any atom is 0.296 e. The van der Waals surface area contributed by atoms with Crippen LogP contribution in [0.3, 0.4) is 0 Å². The smallest absolute Gasteiger partial charge is 0.296 e. The Morgan fingerprint density at radius 2 is 2.05 bits per heavy atom. The second-order valence-corrected chi connectivity index (χ2v) is 9.20. The number of hydrogen-bond donors (Lipinski definition) is 2. The van der Waals surface area contributed by atoms with Gasteiger partial charge in [-0.3, -0.25) is 18.8 Å². The normalized spacial score (nSPS) is 12.7. The molecule has 12 nitrogen and oxygen atoms in total. The number of rotatable bonds is 9. The van der Waals surface area contributed by atoms with Crippen molar-refractivity contribution in [2.45, 2.75) is 25.3 Å². The molecule has 0 fully saturated rings. The van der Waals surface area contributed by atoms with E-state index in [2.05, 4.69) is 31.5 Å². The molecule has 12 heteroatoms. The van der Waals surface area contributed by atoms with E-state index in [9.17, 15) is 20.0 Å². The predicted octanol–water partition coefficient (Wildman–Crippen LogP) is 2.29. The molecule has 0 aliphatic rings. The maximum absolute atomic E-state index is 13.0. The minimum absolute atomic E-state index is 0.248. The van der Waals surface area contributed by atoms with Crippen molar-refractivity contribution in [3.05, 3.63) is 87.7 Å². The highest BCUT2D eigenvalue weighted by molar-refractivity contribution is 6.04. The van der Waals surface area contributed by atoms with Gasteiger partial charge in [0.05, 0.1) is 30.6 Å². The summed E-state index contributed by atoms with van der Waals surface area (Å²) in [6.07, 6.45) is 6.14. The van der Waals surface area contributed by atoms with Crippen molar-refractivity contribution in [3.8, 4) is 11.8 Å². The molecule has 4 rings (SSSR count). The van der Waals surface area contributed by atoms with E-state index in [0.29, 0.717) is 12.1 Å². The number of likely N-dealkylation sites (N-methyl/N-ethyl adjacent to an activating group) is 1. The summed E-state index contributed by atoms with van der Waals surface area (Å²) in [6.45, 7) is 3.31. The van der Waals surface area contributed by atoms with Crippen molar-refractivity contribution >= 4 is 11.6 Å². The van der Waals surface area contributed by atoms with Crippen molar-refractivity contribution < 1.29 is 14.4 Å². The number of carbonyl (C=O) groups excluding carboxylic acids is 1. The molecular formula is C26H28N8O4. The van der Waals surface area contributed by atoms with Crippen LogP contribution in [0.15, 0.2) is 58.4 Å². The minimum atomic E-state index is -0.790. The average Bonchev–Trinajstić information content (AvgIpc) is 3.59. The molecule has 2 atom stereocenters. The summed E-state index contributed by atoms with van der Waals surface area (Å²) in [6, 6.07) is 9.46. The fraction of sp³-hybridized carbons (Fsp3) is 0.308. The summed E-state index contributed by atoms with van der Waals surface area (Å²) in [4.78, 5) is 32.4.